The third-order valence-corrected chi connectivity index (χ3v) is 15.3. The number of ether oxygens (including phenoxy) is 3. The van der Waals surface area contributed by atoms with Crippen LogP contribution in [-0.4, -0.2) is 149 Å². The molecule has 0 spiro atoms. The Morgan fingerprint density at radius 3 is 1.80 bits per heavy atom. The predicted molar refractivity (Wildman–Crippen MR) is 260 cm³/mol. The van der Waals surface area contributed by atoms with E-state index >= 15 is 0 Å². The first kappa shape index (κ1) is 47.3. The molecule has 354 valence electrons. The second-order valence-corrected chi connectivity index (χ2v) is 19.2. The highest BCUT2D eigenvalue weighted by atomic mass is 79.9. The summed E-state index contributed by atoms with van der Waals surface area (Å²) in [6.07, 6.45) is 1.98. The van der Waals surface area contributed by atoms with Gasteiger partial charge in [0.1, 0.15) is 0 Å². The molecule has 0 radical (unpaired) electrons. The standard InChI is InChI=1S/C17H22BrN3O3.C17H21N3O3.C14H17BrN2O2/c1-3-24-17(23)20-8-7-14-12(9-20)11-5-4-6-13(18)16(11)21(14)10-15(22)19-2;1-3-23-17(22)19-8-7-13-12(9-19)11-5-4-6-14-16(11)20(13)10-15(21)18(14)2;1-2-19-14(18)17-7-6-12-10(8-17)9-4-3-5-11(15)13(9)16-12/h4-6,12,14H,3,7-10H2,1-2H3,(H,19,22);4-6,12-13H,3,7-10H2,1-2H3;3-5,10,12,16H,2,6-8H2,1H3/t12-,14-;12-,13-;10-,12-/m000/s1. The number of rotatable bonds is 5. The molecule has 66 heavy (non-hydrogen) atoms. The van der Waals surface area contributed by atoms with Crippen molar-refractivity contribution in [2.75, 3.05) is 106 Å². The Kier molecular flexibility index (Phi) is 14.6. The van der Waals surface area contributed by atoms with Gasteiger partial charge in [-0.05, 0) is 107 Å². The average molecular weight is 1040 g/mol. The minimum atomic E-state index is -0.253. The number of fused-ring (bicyclic) bond motifs is 9. The molecule has 3 saturated heterocycles. The summed E-state index contributed by atoms with van der Waals surface area (Å²) in [7, 11) is 3.49. The molecule has 0 aromatic heterocycles. The fourth-order valence-corrected chi connectivity index (χ4v) is 12.0. The molecule has 16 nitrogen and oxygen atoms in total. The number of halogens is 2. The van der Waals surface area contributed by atoms with E-state index < -0.39 is 0 Å². The van der Waals surface area contributed by atoms with Crippen molar-refractivity contribution in [1.82, 2.24) is 20.0 Å². The van der Waals surface area contributed by atoms with Gasteiger partial charge in [0.15, 0.2) is 0 Å². The smallest absolute Gasteiger partial charge is 0.409 e. The van der Waals surface area contributed by atoms with Gasteiger partial charge in [-0.2, -0.15) is 0 Å². The number of hydrogen-bond donors (Lipinski definition) is 2. The normalized spacial score (nSPS) is 23.8. The summed E-state index contributed by atoms with van der Waals surface area (Å²) in [5.41, 5.74) is 8.15. The molecule has 10 rings (SSSR count). The van der Waals surface area contributed by atoms with Crippen molar-refractivity contribution < 1.29 is 38.2 Å². The van der Waals surface area contributed by atoms with Crippen LogP contribution in [0.15, 0.2) is 63.5 Å². The van der Waals surface area contributed by atoms with Crippen molar-refractivity contribution in [2.45, 2.75) is 75.9 Å². The third-order valence-electron chi connectivity index (χ3n) is 14.0. The van der Waals surface area contributed by atoms with Crippen LogP contribution in [0.4, 0.5) is 37.1 Å². The Balaban J connectivity index is 0.000000135. The number of piperidine rings is 3. The zero-order valence-electron chi connectivity index (χ0n) is 38.3. The van der Waals surface area contributed by atoms with E-state index in [0.29, 0.717) is 77.1 Å². The van der Waals surface area contributed by atoms with Crippen LogP contribution in [0, 0.1) is 0 Å². The number of carbonyl (C=O) groups excluding carboxylic acids is 5. The molecule has 0 unspecified atom stereocenters. The van der Waals surface area contributed by atoms with Gasteiger partial charge in [-0.15, -0.1) is 0 Å². The Labute approximate surface area is 403 Å². The molecule has 18 heteroatoms. The van der Waals surface area contributed by atoms with Crippen LogP contribution >= 0.6 is 31.9 Å². The Bertz CT molecular complexity index is 2340. The first-order chi connectivity index (χ1) is 31.9. The second kappa shape index (κ2) is 20.3. The van der Waals surface area contributed by atoms with Gasteiger partial charge < -0.3 is 54.2 Å². The van der Waals surface area contributed by atoms with E-state index in [-0.39, 0.29) is 48.0 Å². The van der Waals surface area contributed by atoms with Gasteiger partial charge in [0.25, 0.3) is 0 Å². The summed E-state index contributed by atoms with van der Waals surface area (Å²) in [5.74, 6) is 0.932. The maximum absolute atomic E-state index is 12.3. The van der Waals surface area contributed by atoms with Crippen LogP contribution in [0.2, 0.25) is 0 Å². The van der Waals surface area contributed by atoms with Crippen molar-refractivity contribution in [3.05, 3.63) is 80.2 Å². The van der Waals surface area contributed by atoms with Gasteiger partial charge in [-0.25, -0.2) is 14.4 Å². The maximum atomic E-state index is 12.3. The van der Waals surface area contributed by atoms with Crippen molar-refractivity contribution in [3.63, 3.8) is 0 Å². The van der Waals surface area contributed by atoms with Gasteiger partial charge >= 0.3 is 18.3 Å². The number of likely N-dealkylation sites (N-methyl/N-ethyl adjacent to an activating group) is 2. The van der Waals surface area contributed by atoms with Gasteiger partial charge in [0.2, 0.25) is 11.8 Å². The molecule has 7 heterocycles. The molecule has 2 N–H and O–H groups in total. The van der Waals surface area contributed by atoms with Crippen molar-refractivity contribution in [2.24, 2.45) is 0 Å². The number of carbonyl (C=O) groups is 5. The number of nitrogens with zero attached hydrogens (tertiary/aromatic N) is 6. The maximum Gasteiger partial charge on any atom is 0.409 e. The van der Waals surface area contributed by atoms with Gasteiger partial charge in [-0.3, -0.25) is 9.59 Å². The van der Waals surface area contributed by atoms with Crippen LogP contribution < -0.4 is 25.3 Å². The first-order valence-corrected chi connectivity index (χ1v) is 24.7. The molecule has 0 bridgehead atoms. The van der Waals surface area contributed by atoms with Crippen LogP contribution in [0.3, 0.4) is 0 Å². The molecule has 3 aromatic carbocycles. The average Bonchev–Trinajstić information content (AvgIpc) is 3.97. The molecule has 5 amide bonds. The Hall–Kier alpha value is -5.23. The molecule has 0 saturated carbocycles. The number of hydrogen-bond acceptors (Lipinski definition) is 11. The number of anilines is 4. The highest BCUT2D eigenvalue weighted by molar-refractivity contribution is 9.11. The van der Waals surface area contributed by atoms with Crippen molar-refractivity contribution >= 4 is 84.7 Å². The summed E-state index contributed by atoms with van der Waals surface area (Å²) in [5, 5.41) is 6.27. The zero-order chi connectivity index (χ0) is 46.8. The van der Waals surface area contributed by atoms with Crippen LogP contribution in [0.25, 0.3) is 0 Å². The quantitative estimate of drug-likeness (QED) is 0.247. The Morgan fingerprint density at radius 1 is 0.682 bits per heavy atom. The summed E-state index contributed by atoms with van der Waals surface area (Å²) in [4.78, 5) is 71.8. The third kappa shape index (κ3) is 9.11. The summed E-state index contributed by atoms with van der Waals surface area (Å²) < 4.78 is 17.5. The molecular formula is C48H60Br2N8O8. The highest BCUT2D eigenvalue weighted by Gasteiger charge is 2.48. The van der Waals surface area contributed by atoms with Crippen LogP contribution in [-0.2, 0) is 23.8 Å². The number of para-hydroxylation sites is 3. The fourth-order valence-electron chi connectivity index (χ4n) is 10.9. The zero-order valence-corrected chi connectivity index (χ0v) is 41.4. The molecule has 0 aliphatic carbocycles. The molecule has 7 aliphatic rings. The lowest BCUT2D eigenvalue weighted by Gasteiger charge is -2.40. The number of amides is 5. The summed E-state index contributed by atoms with van der Waals surface area (Å²) in [6.45, 7) is 11.6. The van der Waals surface area contributed by atoms with E-state index in [1.54, 1.807) is 21.7 Å². The van der Waals surface area contributed by atoms with Crippen LogP contribution in [0.5, 0.6) is 0 Å². The SMILES string of the molecule is CCOC(=O)N1CC[C@@H]2Nc3c(Br)cccc3[C@@H]2C1.CCOC(=O)N1CC[C@H]2[C@@H](C1)c1cccc(Br)c1N2CC(=O)NC.CCOC(=O)N1CC[C@H]2[C@@H](C1)c1cccc3c1N2CC(=O)N3C. The van der Waals surface area contributed by atoms with Crippen molar-refractivity contribution in [3.8, 4) is 0 Å². The largest absolute Gasteiger partial charge is 0.450 e. The molecule has 6 atom stereocenters. The topological polar surface area (TPSA) is 157 Å². The molecular weight excluding hydrogens is 976 g/mol. The van der Waals surface area contributed by atoms with E-state index in [4.69, 9.17) is 14.2 Å². The first-order valence-electron chi connectivity index (χ1n) is 23.1. The van der Waals surface area contributed by atoms with Gasteiger partial charge in [0, 0.05) is 98.2 Å². The highest BCUT2D eigenvalue weighted by Crippen LogP contribution is 2.51. The lowest BCUT2D eigenvalue weighted by atomic mass is 9.89. The lowest BCUT2D eigenvalue weighted by molar-refractivity contribution is -0.119. The number of nitrogens with one attached hydrogen (secondary N) is 2. The molecule has 7 aliphatic heterocycles. The molecule has 3 aromatic rings. The Morgan fingerprint density at radius 2 is 1.20 bits per heavy atom. The van der Waals surface area contributed by atoms with E-state index in [0.717, 1.165) is 52.7 Å². The van der Waals surface area contributed by atoms with Gasteiger partial charge in [-0.1, -0.05) is 36.4 Å². The number of likely N-dealkylation sites (tertiary alicyclic amines) is 3. The fraction of sp³-hybridized carbons (Fsp3) is 0.521. The summed E-state index contributed by atoms with van der Waals surface area (Å²) >= 11 is 7.21. The van der Waals surface area contributed by atoms with Crippen molar-refractivity contribution in [1.29, 1.82) is 0 Å². The van der Waals surface area contributed by atoms with E-state index in [2.05, 4.69) is 76.6 Å². The number of benzene rings is 3. The van der Waals surface area contributed by atoms with E-state index in [1.165, 1.54) is 28.1 Å². The predicted octanol–water partition coefficient (Wildman–Crippen LogP) is 7.32. The van der Waals surface area contributed by atoms with E-state index in [9.17, 15) is 24.0 Å². The second-order valence-electron chi connectivity index (χ2n) is 17.5. The molecule has 3 fully saturated rings. The summed E-state index contributed by atoms with van der Waals surface area (Å²) in [6, 6.07) is 19.4. The monoisotopic (exact) mass is 1030 g/mol. The minimum Gasteiger partial charge on any atom is -0.450 e. The van der Waals surface area contributed by atoms with E-state index in [1.807, 2.05) is 63.1 Å². The van der Waals surface area contributed by atoms with Gasteiger partial charge in [0.05, 0.1) is 55.7 Å². The minimum absolute atomic E-state index is 0.00910. The lowest BCUT2D eigenvalue weighted by Crippen LogP contribution is -2.52. The van der Waals surface area contributed by atoms with Crippen LogP contribution in [0.1, 0.15) is 74.5 Å².